The molecule has 1 aromatic carbocycles. The lowest BCUT2D eigenvalue weighted by molar-refractivity contribution is 0.0349. The number of urea groups is 1. The van der Waals surface area contributed by atoms with Crippen LogP contribution in [0.5, 0.6) is 5.75 Å². The van der Waals surface area contributed by atoms with E-state index in [4.69, 9.17) is 4.74 Å². The molecule has 0 saturated heterocycles. The number of hydrogen-bond acceptors (Lipinski definition) is 3. The molecule has 0 bridgehead atoms. The van der Waals surface area contributed by atoms with Gasteiger partial charge in [-0.25, -0.2) is 9.18 Å². The molecule has 0 aliphatic heterocycles. The summed E-state index contributed by atoms with van der Waals surface area (Å²) in [4.78, 5) is 11.9. The Bertz CT molecular complexity index is 504. The lowest BCUT2D eigenvalue weighted by Gasteiger charge is -2.26. The number of ether oxygens (including phenoxy) is 1. The van der Waals surface area contributed by atoms with Crippen LogP contribution in [-0.4, -0.2) is 30.4 Å². The number of hydrogen-bond donors (Lipinski definition) is 3. The van der Waals surface area contributed by atoms with E-state index in [2.05, 4.69) is 10.6 Å². The van der Waals surface area contributed by atoms with Crippen LogP contribution < -0.4 is 15.4 Å². The van der Waals surface area contributed by atoms with Gasteiger partial charge in [-0.3, -0.25) is 0 Å². The van der Waals surface area contributed by atoms with Gasteiger partial charge in [0.15, 0.2) is 11.6 Å². The van der Waals surface area contributed by atoms with E-state index in [-0.39, 0.29) is 18.3 Å². The van der Waals surface area contributed by atoms with Crippen molar-refractivity contribution >= 4 is 6.03 Å². The Morgan fingerprint density at radius 3 is 2.55 bits per heavy atom. The van der Waals surface area contributed by atoms with Crippen LogP contribution >= 0.6 is 0 Å². The highest BCUT2D eigenvalue weighted by Crippen LogP contribution is 2.21. The van der Waals surface area contributed by atoms with Crippen LogP contribution in [0.4, 0.5) is 9.18 Å². The van der Waals surface area contributed by atoms with Gasteiger partial charge in [0, 0.05) is 6.54 Å². The van der Waals surface area contributed by atoms with Crippen LogP contribution in [0.1, 0.15) is 45.2 Å². The summed E-state index contributed by atoms with van der Waals surface area (Å²) in [5, 5.41) is 15.5. The Morgan fingerprint density at radius 1 is 1.41 bits per heavy atom. The van der Waals surface area contributed by atoms with Gasteiger partial charge in [0.25, 0.3) is 0 Å². The second kappa shape index (κ2) is 7.98. The van der Waals surface area contributed by atoms with Crippen LogP contribution in [0.25, 0.3) is 0 Å². The van der Waals surface area contributed by atoms with Crippen molar-refractivity contribution in [1.29, 1.82) is 0 Å². The van der Waals surface area contributed by atoms with Crippen molar-refractivity contribution in [2.24, 2.45) is 0 Å². The number of halogens is 1. The van der Waals surface area contributed by atoms with Gasteiger partial charge < -0.3 is 20.5 Å². The Balaban J connectivity index is 2.59. The normalized spacial score (nSPS) is 12.6. The van der Waals surface area contributed by atoms with Gasteiger partial charge in [-0.2, -0.15) is 0 Å². The molecule has 0 aromatic heterocycles. The molecule has 0 aliphatic carbocycles. The summed E-state index contributed by atoms with van der Waals surface area (Å²) in [6, 6.07) is 3.79. The van der Waals surface area contributed by atoms with Crippen molar-refractivity contribution in [3.05, 3.63) is 29.6 Å². The molecule has 1 unspecified atom stereocenters. The smallest absolute Gasteiger partial charge is 0.315 e. The zero-order valence-corrected chi connectivity index (χ0v) is 13.6. The fraction of sp³-hybridized carbons (Fsp3) is 0.562. The highest BCUT2D eigenvalue weighted by atomic mass is 19.1. The molecule has 124 valence electrons. The van der Waals surface area contributed by atoms with E-state index in [1.165, 1.54) is 19.2 Å². The molecule has 2 amide bonds. The minimum atomic E-state index is -0.896. The Labute approximate surface area is 130 Å². The van der Waals surface area contributed by atoms with E-state index >= 15 is 0 Å². The molecular weight excluding hydrogens is 287 g/mol. The first kappa shape index (κ1) is 18.2. The Morgan fingerprint density at radius 2 is 2.05 bits per heavy atom. The predicted octanol–water partition coefficient (Wildman–Crippen LogP) is 2.75. The van der Waals surface area contributed by atoms with Gasteiger partial charge in [0.1, 0.15) is 0 Å². The van der Waals surface area contributed by atoms with Gasteiger partial charge in [0.05, 0.1) is 18.8 Å². The molecule has 1 rings (SSSR count). The van der Waals surface area contributed by atoms with Gasteiger partial charge in [0.2, 0.25) is 0 Å². The van der Waals surface area contributed by atoms with Crippen LogP contribution in [0.3, 0.4) is 0 Å². The first-order valence-electron chi connectivity index (χ1n) is 7.45. The topological polar surface area (TPSA) is 70.6 Å². The van der Waals surface area contributed by atoms with Crippen molar-refractivity contribution < 1.29 is 19.0 Å². The second-order valence-electron chi connectivity index (χ2n) is 5.37. The molecule has 0 fully saturated rings. The maximum atomic E-state index is 13.7. The standard InChI is InChI=1S/C16H25FN2O3/c1-5-16(21,6-2)10-18-15(20)19-11(3)12-7-8-14(22-4)13(17)9-12/h7-9,11,21H,5-6,10H2,1-4H3,(H2,18,19,20). The third kappa shape index (κ3) is 4.87. The third-order valence-electron chi connectivity index (χ3n) is 3.92. The van der Waals surface area contributed by atoms with Crippen LogP contribution in [-0.2, 0) is 0 Å². The van der Waals surface area contributed by atoms with Crippen molar-refractivity contribution in [2.75, 3.05) is 13.7 Å². The number of benzene rings is 1. The molecule has 0 saturated carbocycles. The highest BCUT2D eigenvalue weighted by Gasteiger charge is 2.23. The van der Waals surface area contributed by atoms with Crippen molar-refractivity contribution in [3.8, 4) is 5.75 Å². The summed E-state index contributed by atoms with van der Waals surface area (Å²) in [5.41, 5.74) is -0.262. The molecular formula is C16H25FN2O3. The Kier molecular flexibility index (Phi) is 6.61. The predicted molar refractivity (Wildman–Crippen MR) is 83.4 cm³/mol. The number of carbonyl (C=O) groups is 1. The molecule has 5 nitrogen and oxygen atoms in total. The fourth-order valence-electron chi connectivity index (χ4n) is 2.03. The van der Waals surface area contributed by atoms with E-state index in [1.807, 2.05) is 13.8 Å². The number of nitrogens with one attached hydrogen (secondary N) is 2. The number of aliphatic hydroxyl groups is 1. The molecule has 6 heteroatoms. The molecule has 0 spiro atoms. The molecule has 1 atom stereocenters. The van der Waals surface area contributed by atoms with E-state index < -0.39 is 17.4 Å². The van der Waals surface area contributed by atoms with Gasteiger partial charge in [-0.1, -0.05) is 19.9 Å². The van der Waals surface area contributed by atoms with Gasteiger partial charge >= 0.3 is 6.03 Å². The average Bonchev–Trinajstić information content (AvgIpc) is 2.52. The summed E-state index contributed by atoms with van der Waals surface area (Å²) in [5.74, 6) is -0.309. The third-order valence-corrected chi connectivity index (χ3v) is 3.92. The maximum Gasteiger partial charge on any atom is 0.315 e. The molecule has 3 N–H and O–H groups in total. The SMILES string of the molecule is CCC(O)(CC)CNC(=O)NC(C)c1ccc(OC)c(F)c1. The van der Waals surface area contributed by atoms with Gasteiger partial charge in [-0.05, 0) is 37.5 Å². The number of carbonyl (C=O) groups excluding carboxylic acids is 1. The quantitative estimate of drug-likeness (QED) is 0.725. The summed E-state index contributed by atoms with van der Waals surface area (Å²) in [7, 11) is 1.40. The fourth-order valence-corrected chi connectivity index (χ4v) is 2.03. The molecule has 22 heavy (non-hydrogen) atoms. The van der Waals surface area contributed by atoms with Crippen molar-refractivity contribution in [1.82, 2.24) is 10.6 Å². The monoisotopic (exact) mass is 312 g/mol. The molecule has 1 aromatic rings. The van der Waals surface area contributed by atoms with Gasteiger partial charge in [-0.15, -0.1) is 0 Å². The summed E-state index contributed by atoms with van der Waals surface area (Å²) in [6.45, 7) is 5.67. The zero-order chi connectivity index (χ0) is 16.8. The molecule has 0 heterocycles. The number of rotatable bonds is 7. The number of methoxy groups -OCH3 is 1. The van der Waals surface area contributed by atoms with E-state index in [9.17, 15) is 14.3 Å². The number of amides is 2. The summed E-state index contributed by atoms with van der Waals surface area (Å²) >= 11 is 0. The molecule has 0 aliphatic rings. The second-order valence-corrected chi connectivity index (χ2v) is 5.37. The lowest BCUT2D eigenvalue weighted by Crippen LogP contribution is -2.46. The van der Waals surface area contributed by atoms with E-state index in [0.29, 0.717) is 18.4 Å². The average molecular weight is 312 g/mol. The van der Waals surface area contributed by atoms with E-state index in [0.717, 1.165) is 0 Å². The molecule has 0 radical (unpaired) electrons. The highest BCUT2D eigenvalue weighted by molar-refractivity contribution is 5.74. The first-order chi connectivity index (χ1) is 10.3. The minimum Gasteiger partial charge on any atom is -0.494 e. The minimum absolute atomic E-state index is 0.163. The van der Waals surface area contributed by atoms with Crippen molar-refractivity contribution in [2.45, 2.75) is 45.3 Å². The van der Waals surface area contributed by atoms with Crippen LogP contribution in [0.2, 0.25) is 0 Å². The van der Waals surface area contributed by atoms with Crippen molar-refractivity contribution in [3.63, 3.8) is 0 Å². The Hall–Kier alpha value is -1.82. The lowest BCUT2D eigenvalue weighted by atomic mass is 9.98. The largest absolute Gasteiger partial charge is 0.494 e. The zero-order valence-electron chi connectivity index (χ0n) is 13.6. The first-order valence-corrected chi connectivity index (χ1v) is 7.45. The maximum absolute atomic E-state index is 13.7. The summed E-state index contributed by atoms with van der Waals surface area (Å²) in [6.07, 6.45) is 1.12. The van der Waals surface area contributed by atoms with Crippen LogP contribution in [0.15, 0.2) is 18.2 Å². The van der Waals surface area contributed by atoms with E-state index in [1.54, 1.807) is 13.0 Å². The van der Waals surface area contributed by atoms with Crippen LogP contribution in [0, 0.1) is 5.82 Å². The summed E-state index contributed by atoms with van der Waals surface area (Å²) < 4.78 is 18.5.